The normalized spacial score (nSPS) is 12.0. The maximum atomic E-state index is 11.5. The Morgan fingerprint density at radius 3 is 2.62 bits per heavy atom. The number of ether oxygens (including phenoxy) is 1. The molecule has 1 aromatic carbocycles. The van der Waals surface area contributed by atoms with Crippen LogP contribution < -0.4 is 4.80 Å². The summed E-state index contributed by atoms with van der Waals surface area (Å²) in [5.41, 5.74) is 2.22. The lowest BCUT2D eigenvalue weighted by molar-refractivity contribution is 0.162. The first-order chi connectivity index (χ1) is 10.0. The first-order valence-electron chi connectivity index (χ1n) is 6.90. The number of hydrogen-bond donors (Lipinski definition) is 0. The predicted molar refractivity (Wildman–Crippen MR) is 82.9 cm³/mol. The van der Waals surface area contributed by atoms with Crippen LogP contribution in [0.5, 0.6) is 0 Å². The van der Waals surface area contributed by atoms with E-state index in [1.807, 2.05) is 35.1 Å². The van der Waals surface area contributed by atoms with E-state index < -0.39 is 6.09 Å². The predicted octanol–water partition coefficient (Wildman–Crippen LogP) is 3.42. The van der Waals surface area contributed by atoms with Gasteiger partial charge < -0.3 is 4.74 Å². The minimum atomic E-state index is -0.599. The minimum absolute atomic E-state index is 0.230. The van der Waals surface area contributed by atoms with Gasteiger partial charge in [-0.2, -0.15) is 0 Å². The van der Waals surface area contributed by atoms with E-state index in [4.69, 9.17) is 4.74 Å². The van der Waals surface area contributed by atoms with E-state index in [2.05, 4.69) is 23.8 Å². The fourth-order valence-corrected chi connectivity index (χ4v) is 2.79. The van der Waals surface area contributed by atoms with Crippen LogP contribution in [0.1, 0.15) is 38.1 Å². The maximum Gasteiger partial charge on any atom is 0.436 e. The van der Waals surface area contributed by atoms with Crippen LogP contribution >= 0.6 is 11.5 Å². The number of carbonyl (C=O) groups is 1. The van der Waals surface area contributed by atoms with Crippen molar-refractivity contribution in [2.75, 3.05) is 6.61 Å². The number of aryl methyl sites for hydroxylation is 1. The van der Waals surface area contributed by atoms with Gasteiger partial charge in [0.1, 0.15) is 5.82 Å². The van der Waals surface area contributed by atoms with Crippen molar-refractivity contribution in [3.63, 3.8) is 0 Å². The van der Waals surface area contributed by atoms with Crippen LogP contribution in [0.4, 0.5) is 4.79 Å². The van der Waals surface area contributed by atoms with Gasteiger partial charge in [-0.25, -0.2) is 13.7 Å². The van der Waals surface area contributed by atoms with Gasteiger partial charge in [0.05, 0.1) is 12.3 Å². The van der Waals surface area contributed by atoms with Gasteiger partial charge in [0.15, 0.2) is 0 Å². The van der Waals surface area contributed by atoms with Crippen molar-refractivity contribution < 1.29 is 9.53 Å². The lowest BCUT2D eigenvalue weighted by atomic mass is 10.2. The molecule has 0 atom stereocenters. The highest BCUT2D eigenvalue weighted by molar-refractivity contribution is 7.04. The number of benzene rings is 1. The van der Waals surface area contributed by atoms with Crippen molar-refractivity contribution in [3.05, 3.63) is 40.5 Å². The zero-order valence-corrected chi connectivity index (χ0v) is 13.5. The molecule has 112 valence electrons. The Bertz CT molecular complexity index is 684. The van der Waals surface area contributed by atoms with Crippen LogP contribution in [-0.2, 0) is 4.74 Å². The molecular formula is C15H19N3O2S. The highest BCUT2D eigenvalue weighted by Gasteiger charge is 2.12. The molecule has 2 rings (SSSR count). The first kappa shape index (κ1) is 15.4. The Hall–Kier alpha value is -1.95. The molecule has 1 heterocycles. The monoisotopic (exact) mass is 305 g/mol. The van der Waals surface area contributed by atoms with Crippen LogP contribution in [0, 0.1) is 6.92 Å². The van der Waals surface area contributed by atoms with Crippen molar-refractivity contribution in [1.29, 1.82) is 0 Å². The molecule has 1 aromatic heterocycles. The molecule has 0 fully saturated rings. The van der Waals surface area contributed by atoms with Crippen molar-refractivity contribution in [2.24, 2.45) is 4.99 Å². The third-order valence-corrected chi connectivity index (χ3v) is 3.76. The number of carbonyl (C=O) groups excluding carboxylic acids is 1. The van der Waals surface area contributed by atoms with E-state index >= 15 is 0 Å². The van der Waals surface area contributed by atoms with E-state index in [1.54, 1.807) is 6.92 Å². The van der Waals surface area contributed by atoms with Gasteiger partial charge in [-0.15, -0.1) is 4.99 Å². The molecule has 5 nitrogen and oxygen atoms in total. The zero-order valence-electron chi connectivity index (χ0n) is 12.7. The van der Waals surface area contributed by atoms with Crippen molar-refractivity contribution >= 4 is 17.6 Å². The lowest BCUT2D eigenvalue weighted by Crippen LogP contribution is -2.07. The van der Waals surface area contributed by atoms with E-state index in [-0.39, 0.29) is 5.92 Å². The summed E-state index contributed by atoms with van der Waals surface area (Å²) in [4.78, 5) is 20.2. The minimum Gasteiger partial charge on any atom is -0.448 e. The number of aromatic nitrogens is 2. The summed E-state index contributed by atoms with van der Waals surface area (Å²) in [5.74, 6) is 1.11. The largest absolute Gasteiger partial charge is 0.448 e. The second-order valence-electron chi connectivity index (χ2n) is 4.94. The molecule has 6 heteroatoms. The molecule has 21 heavy (non-hydrogen) atoms. The fourth-order valence-electron chi connectivity index (χ4n) is 1.80. The molecule has 0 saturated heterocycles. The molecule has 2 aromatic rings. The van der Waals surface area contributed by atoms with E-state index in [1.165, 1.54) is 17.1 Å². The van der Waals surface area contributed by atoms with Crippen LogP contribution in [0.3, 0.4) is 0 Å². The van der Waals surface area contributed by atoms with Crippen LogP contribution in [0.25, 0.3) is 5.69 Å². The molecule has 0 saturated carbocycles. The van der Waals surface area contributed by atoms with Crippen molar-refractivity contribution in [3.8, 4) is 5.69 Å². The van der Waals surface area contributed by atoms with Gasteiger partial charge in [-0.1, -0.05) is 31.5 Å². The Labute approximate surface area is 128 Å². The smallest absolute Gasteiger partial charge is 0.436 e. The van der Waals surface area contributed by atoms with E-state index in [0.717, 1.165) is 11.5 Å². The Balaban J connectivity index is 2.47. The van der Waals surface area contributed by atoms with Crippen LogP contribution in [-0.4, -0.2) is 21.6 Å². The average molecular weight is 305 g/mol. The molecule has 0 aliphatic heterocycles. The number of rotatable bonds is 3. The van der Waals surface area contributed by atoms with Gasteiger partial charge in [-0.05, 0) is 37.5 Å². The third kappa shape index (κ3) is 3.78. The van der Waals surface area contributed by atoms with Gasteiger partial charge in [0.2, 0.25) is 4.80 Å². The quantitative estimate of drug-likeness (QED) is 0.873. The molecular weight excluding hydrogens is 286 g/mol. The molecule has 1 amide bonds. The summed E-state index contributed by atoms with van der Waals surface area (Å²) in [6.45, 7) is 8.23. The van der Waals surface area contributed by atoms with Crippen LogP contribution in [0.2, 0.25) is 0 Å². The van der Waals surface area contributed by atoms with Gasteiger partial charge >= 0.3 is 6.09 Å². The SMILES string of the molecule is CCOC(=O)/N=c1/nc(C(C)C)n(-c2ccc(C)cc2)s1. The molecule has 0 aliphatic rings. The summed E-state index contributed by atoms with van der Waals surface area (Å²) >= 11 is 1.34. The topological polar surface area (TPSA) is 56.5 Å². The maximum absolute atomic E-state index is 11.5. The molecule has 0 bridgehead atoms. The van der Waals surface area contributed by atoms with Crippen molar-refractivity contribution in [1.82, 2.24) is 8.94 Å². The van der Waals surface area contributed by atoms with E-state index in [0.29, 0.717) is 11.4 Å². The summed E-state index contributed by atoms with van der Waals surface area (Å²) in [6.07, 6.45) is -0.599. The van der Waals surface area contributed by atoms with Gasteiger partial charge in [-0.3, -0.25) is 0 Å². The van der Waals surface area contributed by atoms with Crippen LogP contribution in [0.15, 0.2) is 29.3 Å². The molecule has 0 spiro atoms. The lowest BCUT2D eigenvalue weighted by Gasteiger charge is -2.08. The zero-order chi connectivity index (χ0) is 15.4. The van der Waals surface area contributed by atoms with E-state index in [9.17, 15) is 4.79 Å². The number of amides is 1. The molecule has 0 aliphatic carbocycles. The molecule has 0 unspecified atom stereocenters. The Morgan fingerprint density at radius 2 is 2.05 bits per heavy atom. The van der Waals surface area contributed by atoms with Crippen molar-refractivity contribution in [2.45, 2.75) is 33.6 Å². The summed E-state index contributed by atoms with van der Waals surface area (Å²) in [5, 5.41) is 0. The fraction of sp³-hybridized carbons (Fsp3) is 0.400. The number of nitrogens with zero attached hydrogens (tertiary/aromatic N) is 3. The highest BCUT2D eigenvalue weighted by atomic mass is 32.1. The second kappa shape index (κ2) is 6.67. The Morgan fingerprint density at radius 1 is 1.38 bits per heavy atom. The highest BCUT2D eigenvalue weighted by Crippen LogP contribution is 2.19. The Kier molecular flexibility index (Phi) is 4.90. The standard InChI is InChI=1S/C15H19N3O2S/c1-5-20-15(19)17-14-16-13(10(2)3)18(21-14)12-8-6-11(4)7-9-12/h6-10H,5H2,1-4H3/b17-14-. The third-order valence-electron chi connectivity index (χ3n) is 2.83. The molecule has 0 radical (unpaired) electrons. The molecule has 0 N–H and O–H groups in total. The van der Waals surface area contributed by atoms with Gasteiger partial charge in [0.25, 0.3) is 0 Å². The summed E-state index contributed by atoms with van der Waals surface area (Å²) in [6, 6.07) is 8.17. The second-order valence-corrected chi connectivity index (χ2v) is 5.85. The first-order valence-corrected chi connectivity index (χ1v) is 7.67. The average Bonchev–Trinajstić information content (AvgIpc) is 2.84. The summed E-state index contributed by atoms with van der Waals surface area (Å²) in [7, 11) is 0. The number of hydrogen-bond acceptors (Lipinski definition) is 4. The van der Waals surface area contributed by atoms with Gasteiger partial charge in [0, 0.05) is 5.92 Å². The summed E-state index contributed by atoms with van der Waals surface area (Å²) < 4.78 is 6.83.